The van der Waals surface area contributed by atoms with Crippen molar-refractivity contribution in [3.63, 3.8) is 0 Å². The number of nitrogens with one attached hydrogen (secondary N) is 4. The van der Waals surface area contributed by atoms with Crippen molar-refractivity contribution in [2.75, 3.05) is 121 Å². The first-order valence-corrected chi connectivity index (χ1v) is 24.1. The third-order valence-corrected chi connectivity index (χ3v) is 11.2. The van der Waals surface area contributed by atoms with Crippen molar-refractivity contribution in [3.05, 3.63) is 95.1 Å². The lowest BCUT2D eigenvalue weighted by atomic mass is 10.2. The van der Waals surface area contributed by atoms with E-state index >= 15 is 0 Å². The monoisotopic (exact) mass is 1100 g/mol. The Balaban J connectivity index is 0.000000129. The molecule has 0 unspecified atom stereocenters. The van der Waals surface area contributed by atoms with Crippen LogP contribution in [0.3, 0.4) is 0 Å². The van der Waals surface area contributed by atoms with E-state index in [0.29, 0.717) is 61.9 Å². The molecule has 80 heavy (non-hydrogen) atoms. The van der Waals surface area contributed by atoms with Crippen LogP contribution in [0.25, 0.3) is 0 Å². The zero-order chi connectivity index (χ0) is 56.1. The molecule has 416 valence electrons. The zero-order valence-corrected chi connectivity index (χ0v) is 43.6. The van der Waals surface area contributed by atoms with E-state index in [4.69, 9.17) is 72.3 Å². The molecule has 4 aromatic carbocycles. The predicted molar refractivity (Wildman–Crippen MR) is 294 cm³/mol. The number of fused-ring (bicyclic) bond motifs is 4. The second-order valence-corrected chi connectivity index (χ2v) is 17.1. The van der Waals surface area contributed by atoms with Crippen LogP contribution in [-0.4, -0.2) is 115 Å². The van der Waals surface area contributed by atoms with Crippen LogP contribution < -0.4 is 103 Å². The van der Waals surface area contributed by atoms with Gasteiger partial charge in [-0.05, 0) is 70.8 Å². The Morgan fingerprint density at radius 3 is 1.04 bits per heavy atom. The first-order chi connectivity index (χ1) is 38.7. The van der Waals surface area contributed by atoms with Crippen molar-refractivity contribution < 1.29 is 37.9 Å². The summed E-state index contributed by atoms with van der Waals surface area (Å²) in [5.41, 5.74) is 37.5. The number of aromatic nitrogens is 12. The number of ether oxygens (including phenoxy) is 8. The fraction of sp³-hybridized carbons (Fsp3) is 0.250. The molecule has 0 spiro atoms. The Hall–Kier alpha value is -11.1. The highest BCUT2D eigenvalue weighted by Gasteiger charge is 2.19. The van der Waals surface area contributed by atoms with Gasteiger partial charge >= 0.3 is 0 Å². The minimum Gasteiger partial charge on any atom is -0.454 e. The molecule has 16 N–H and O–H groups in total. The fourth-order valence-corrected chi connectivity index (χ4v) is 7.53. The minimum absolute atomic E-state index is 0.0840. The van der Waals surface area contributed by atoms with E-state index in [1.165, 1.54) is 0 Å². The number of rotatable bonds is 14. The van der Waals surface area contributed by atoms with Crippen molar-refractivity contribution >= 4 is 71.4 Å². The summed E-state index contributed by atoms with van der Waals surface area (Å²) in [4.78, 5) is 51.6. The summed E-state index contributed by atoms with van der Waals surface area (Å²) in [6, 6.07) is 23.0. The second kappa shape index (κ2) is 24.7. The van der Waals surface area contributed by atoms with E-state index in [0.717, 1.165) is 68.2 Å². The number of nitrogens with two attached hydrogens (primary N) is 6. The van der Waals surface area contributed by atoms with Crippen LogP contribution in [0.2, 0.25) is 0 Å². The number of hydrogen-bond acceptors (Lipinski definition) is 32. The lowest BCUT2D eigenvalue weighted by Gasteiger charge is -2.17. The van der Waals surface area contributed by atoms with Crippen molar-refractivity contribution in [3.8, 4) is 46.0 Å². The Bertz CT molecular complexity index is 3420. The SMILES string of the molecule is CN(Cc1ccc2c(c1)OCO2)c1nc(N)nc(N)n1.CNc1nc(N)nc(N(C)Cc2ccc3c(c2)OCO3)n1.CNc1nc(N)nc(NCc2ccc3c(c2)OCO3)n1.Nc1nc(N)nc(NCc2ccc3c(c2)OCO3)n1. The topological polar surface area (TPSA) is 439 Å². The molecule has 12 rings (SSSR count). The summed E-state index contributed by atoms with van der Waals surface area (Å²) >= 11 is 0. The molecule has 0 aliphatic carbocycles. The molecule has 0 atom stereocenters. The molecule has 32 heteroatoms. The maximum atomic E-state index is 5.67. The molecule has 4 aliphatic rings. The average molecular weight is 1100 g/mol. The third kappa shape index (κ3) is 14.2. The Labute approximate surface area is 456 Å². The molecule has 4 aliphatic heterocycles. The highest BCUT2D eigenvalue weighted by Crippen LogP contribution is 2.36. The molecule has 0 saturated heterocycles. The van der Waals surface area contributed by atoms with Gasteiger partial charge in [-0.2, -0.15) is 59.8 Å². The number of hydrogen-bond donors (Lipinski definition) is 10. The van der Waals surface area contributed by atoms with Gasteiger partial charge in [0.2, 0.25) is 98.6 Å². The molecule has 0 fully saturated rings. The summed E-state index contributed by atoms with van der Waals surface area (Å²) < 4.78 is 42.4. The zero-order valence-electron chi connectivity index (χ0n) is 43.6. The molecule has 8 aromatic rings. The first-order valence-electron chi connectivity index (χ1n) is 24.1. The van der Waals surface area contributed by atoms with Gasteiger partial charge in [0.1, 0.15) is 0 Å². The smallest absolute Gasteiger partial charge is 0.231 e. The van der Waals surface area contributed by atoms with E-state index in [1.54, 1.807) is 14.1 Å². The molecule has 0 saturated carbocycles. The lowest BCUT2D eigenvalue weighted by molar-refractivity contribution is 0.173. The fourth-order valence-electron chi connectivity index (χ4n) is 7.53. The van der Waals surface area contributed by atoms with E-state index < -0.39 is 0 Å². The van der Waals surface area contributed by atoms with Crippen LogP contribution in [0.4, 0.5) is 71.4 Å². The van der Waals surface area contributed by atoms with Gasteiger partial charge in [-0.15, -0.1) is 0 Å². The average Bonchev–Trinajstić information content (AvgIpc) is 4.31. The predicted octanol–water partition coefficient (Wildman–Crippen LogP) is 2.47. The number of nitrogens with zero attached hydrogens (tertiary/aromatic N) is 14. The van der Waals surface area contributed by atoms with E-state index in [-0.39, 0.29) is 62.9 Å². The Morgan fingerprint density at radius 1 is 0.350 bits per heavy atom. The lowest BCUT2D eigenvalue weighted by Crippen LogP contribution is -2.20. The van der Waals surface area contributed by atoms with Crippen LogP contribution in [0.5, 0.6) is 46.0 Å². The minimum atomic E-state index is 0.0840. The summed E-state index contributed by atoms with van der Waals surface area (Å²) in [5.74, 6) is 9.26. The number of nitrogen functional groups attached to an aromatic ring is 6. The van der Waals surface area contributed by atoms with Crippen molar-refractivity contribution in [2.24, 2.45) is 0 Å². The molecular weight excluding hydrogens is 1040 g/mol. The van der Waals surface area contributed by atoms with Gasteiger partial charge < -0.3 is 103 Å². The Kier molecular flexibility index (Phi) is 16.6. The number of benzene rings is 4. The van der Waals surface area contributed by atoms with Gasteiger partial charge in [0.05, 0.1) is 0 Å². The van der Waals surface area contributed by atoms with Gasteiger partial charge in [0, 0.05) is 54.4 Å². The molecule has 32 nitrogen and oxygen atoms in total. The largest absolute Gasteiger partial charge is 0.454 e. The highest BCUT2D eigenvalue weighted by atomic mass is 16.7. The van der Waals surface area contributed by atoms with Gasteiger partial charge in [-0.1, -0.05) is 24.3 Å². The van der Waals surface area contributed by atoms with Gasteiger partial charge in [0.15, 0.2) is 46.0 Å². The van der Waals surface area contributed by atoms with E-state index in [9.17, 15) is 0 Å². The van der Waals surface area contributed by atoms with Crippen LogP contribution in [-0.2, 0) is 26.2 Å². The molecule has 0 amide bonds. The second-order valence-electron chi connectivity index (χ2n) is 17.1. The van der Waals surface area contributed by atoms with Crippen LogP contribution in [0.1, 0.15) is 22.3 Å². The summed E-state index contributed by atoms with van der Waals surface area (Å²) in [6.45, 7) is 3.30. The summed E-state index contributed by atoms with van der Waals surface area (Å²) in [5, 5.41) is 11.8. The van der Waals surface area contributed by atoms with Crippen LogP contribution >= 0.6 is 0 Å². The quantitative estimate of drug-likeness (QED) is 0.0747. The molecule has 4 aromatic heterocycles. The maximum Gasteiger partial charge on any atom is 0.231 e. The highest BCUT2D eigenvalue weighted by molar-refractivity contribution is 5.50. The molecular formula is C48H56N24O8. The summed E-state index contributed by atoms with van der Waals surface area (Å²) in [6.07, 6.45) is 0. The molecule has 0 bridgehead atoms. The van der Waals surface area contributed by atoms with Gasteiger partial charge in [-0.3, -0.25) is 0 Å². The normalized spacial score (nSPS) is 12.3. The van der Waals surface area contributed by atoms with Crippen molar-refractivity contribution in [1.29, 1.82) is 0 Å². The third-order valence-electron chi connectivity index (χ3n) is 11.2. The Morgan fingerprint density at radius 2 is 0.637 bits per heavy atom. The van der Waals surface area contributed by atoms with E-state index in [1.807, 2.05) is 96.7 Å². The molecule has 8 heterocycles. The van der Waals surface area contributed by atoms with Gasteiger partial charge in [-0.25, -0.2) is 0 Å². The number of anilines is 12. The van der Waals surface area contributed by atoms with Crippen LogP contribution in [0.15, 0.2) is 72.8 Å². The van der Waals surface area contributed by atoms with Gasteiger partial charge in [0.25, 0.3) is 0 Å². The molecule has 0 radical (unpaired) electrons. The maximum absolute atomic E-state index is 5.67. The van der Waals surface area contributed by atoms with Crippen molar-refractivity contribution in [1.82, 2.24) is 59.8 Å². The summed E-state index contributed by atoms with van der Waals surface area (Å²) in [7, 11) is 7.18. The standard InChI is InChI=1S/C13H16N6O2.2C12H14N6O2.C11H12N6O2/c1-15-12-16-11(14)17-13(18-12)19(2)6-8-3-4-9-10(5-8)21-7-20-9;1-18(12-16-10(13)15-11(14)17-12)5-7-2-3-8-9(4-7)20-6-19-8;1-14-11-16-10(13)17-12(18-11)15-5-7-2-3-8-9(4-7)20-6-19-8;12-9-15-10(13)17-11(16-9)14-4-6-1-2-7-8(3-6)19-5-18-7/h3-5H,6-7H2,1-2H3,(H3,14,15,16,17,18);2-4H,5-6H2,1H3,(H4,13,14,15,16,17);2-4H,5-6H2,1H3,(H4,13,14,15,16,17,18);1-3H,4-5H2,(H5,12,13,14,15,16,17). The first kappa shape index (κ1) is 53.7. The van der Waals surface area contributed by atoms with Crippen LogP contribution in [0, 0.1) is 0 Å². The van der Waals surface area contributed by atoms with E-state index in [2.05, 4.69) is 81.1 Å². The van der Waals surface area contributed by atoms with Crippen molar-refractivity contribution in [2.45, 2.75) is 26.2 Å².